The van der Waals surface area contributed by atoms with Crippen molar-refractivity contribution in [2.24, 2.45) is 11.7 Å². The molecule has 1 saturated heterocycles. The number of fused-ring (bicyclic) bond motifs is 1. The minimum absolute atomic E-state index is 0.0741. The Morgan fingerprint density at radius 1 is 1.19 bits per heavy atom. The first-order valence-electron chi connectivity index (χ1n) is 9.39. The van der Waals surface area contributed by atoms with Crippen LogP contribution in [0.2, 0.25) is 0 Å². The summed E-state index contributed by atoms with van der Waals surface area (Å²) in [7, 11) is 0. The Kier molecular flexibility index (Phi) is 5.09. The van der Waals surface area contributed by atoms with Gasteiger partial charge in [-0.05, 0) is 36.6 Å². The van der Waals surface area contributed by atoms with E-state index in [2.05, 4.69) is 10.2 Å². The lowest BCUT2D eigenvalue weighted by atomic mass is 9.94. The number of amides is 1. The van der Waals surface area contributed by atoms with E-state index in [0.29, 0.717) is 0 Å². The van der Waals surface area contributed by atoms with Gasteiger partial charge in [-0.15, -0.1) is 0 Å². The summed E-state index contributed by atoms with van der Waals surface area (Å²) in [6, 6.07) is 15.3. The van der Waals surface area contributed by atoms with E-state index in [1.807, 2.05) is 55.5 Å². The Bertz CT molecular complexity index is 934. The van der Waals surface area contributed by atoms with Gasteiger partial charge in [0, 0.05) is 24.8 Å². The molecule has 1 aliphatic heterocycles. The number of nitrogens with two attached hydrogens (primary N) is 1. The molecule has 0 spiro atoms. The summed E-state index contributed by atoms with van der Waals surface area (Å²) in [6.07, 6.45) is 2.47. The van der Waals surface area contributed by atoms with E-state index in [9.17, 15) is 4.79 Å². The van der Waals surface area contributed by atoms with Crippen molar-refractivity contribution in [3.63, 3.8) is 0 Å². The highest BCUT2D eigenvalue weighted by atomic mass is 32.1. The molecule has 0 aliphatic carbocycles. The smallest absolute Gasteiger partial charge is 0.229 e. The maximum Gasteiger partial charge on any atom is 0.229 e. The quantitative estimate of drug-likeness (QED) is 0.697. The molecule has 2 heterocycles. The summed E-state index contributed by atoms with van der Waals surface area (Å²) in [5, 5.41) is 4.08. The Hall–Kier alpha value is -2.44. The molecule has 140 valence electrons. The fourth-order valence-electron chi connectivity index (χ4n) is 3.42. The standard InChI is InChI=1S/C21H24N4OS/c1-14(19(22)15-7-3-2-4-8-15)20(26)23-16-9-10-17-18(13-16)27-21(24-17)25-11-5-6-12-25/h2-4,7-10,13-14,19H,5-6,11-12,22H2,1H3,(H,23,26). The highest BCUT2D eigenvalue weighted by Crippen LogP contribution is 2.32. The van der Waals surface area contributed by atoms with Gasteiger partial charge in [-0.25, -0.2) is 4.98 Å². The molecule has 4 rings (SSSR count). The van der Waals surface area contributed by atoms with Gasteiger partial charge in [0.2, 0.25) is 5.91 Å². The van der Waals surface area contributed by atoms with E-state index in [4.69, 9.17) is 10.7 Å². The van der Waals surface area contributed by atoms with Crippen molar-refractivity contribution in [2.75, 3.05) is 23.3 Å². The molecule has 1 aliphatic rings. The van der Waals surface area contributed by atoms with E-state index < -0.39 is 0 Å². The fourth-order valence-corrected chi connectivity index (χ4v) is 4.47. The van der Waals surface area contributed by atoms with Crippen LogP contribution in [0.4, 0.5) is 10.8 Å². The Morgan fingerprint density at radius 3 is 2.67 bits per heavy atom. The van der Waals surface area contributed by atoms with Crippen molar-refractivity contribution in [1.29, 1.82) is 0 Å². The Balaban J connectivity index is 1.48. The van der Waals surface area contributed by atoms with Crippen molar-refractivity contribution in [2.45, 2.75) is 25.8 Å². The molecule has 0 bridgehead atoms. The van der Waals surface area contributed by atoms with Gasteiger partial charge in [0.25, 0.3) is 0 Å². The van der Waals surface area contributed by atoms with Crippen LogP contribution in [0.5, 0.6) is 0 Å². The van der Waals surface area contributed by atoms with Crippen molar-refractivity contribution in [3.05, 3.63) is 54.1 Å². The lowest BCUT2D eigenvalue weighted by Gasteiger charge is -2.19. The first kappa shape index (κ1) is 17.9. The number of hydrogen-bond acceptors (Lipinski definition) is 5. The normalized spacial score (nSPS) is 16.4. The van der Waals surface area contributed by atoms with E-state index in [0.717, 1.165) is 39.7 Å². The molecule has 1 fully saturated rings. The van der Waals surface area contributed by atoms with Gasteiger partial charge in [0.15, 0.2) is 5.13 Å². The maximum atomic E-state index is 12.7. The zero-order valence-corrected chi connectivity index (χ0v) is 16.2. The van der Waals surface area contributed by atoms with Crippen LogP contribution < -0.4 is 16.0 Å². The predicted octanol–water partition coefficient (Wildman–Crippen LogP) is 4.17. The summed E-state index contributed by atoms with van der Waals surface area (Å²) < 4.78 is 1.09. The van der Waals surface area contributed by atoms with Crippen LogP contribution in [0, 0.1) is 5.92 Å². The lowest BCUT2D eigenvalue weighted by molar-refractivity contribution is -0.120. The predicted molar refractivity (Wildman–Crippen MR) is 112 cm³/mol. The number of hydrogen-bond donors (Lipinski definition) is 2. The van der Waals surface area contributed by atoms with Gasteiger partial charge >= 0.3 is 0 Å². The largest absolute Gasteiger partial charge is 0.348 e. The molecule has 2 atom stereocenters. The van der Waals surface area contributed by atoms with Gasteiger partial charge in [-0.2, -0.15) is 0 Å². The average Bonchev–Trinajstić information content (AvgIpc) is 3.36. The monoisotopic (exact) mass is 380 g/mol. The first-order chi connectivity index (χ1) is 13.1. The van der Waals surface area contributed by atoms with E-state index in [-0.39, 0.29) is 17.9 Å². The average molecular weight is 381 g/mol. The summed E-state index contributed by atoms with van der Waals surface area (Å²) in [5.41, 5.74) is 9.02. The number of benzene rings is 2. The van der Waals surface area contributed by atoms with Crippen LogP contribution in [0.15, 0.2) is 48.5 Å². The summed E-state index contributed by atoms with van der Waals surface area (Å²) in [5.74, 6) is -0.403. The second-order valence-corrected chi connectivity index (χ2v) is 8.10. The third-order valence-corrected chi connectivity index (χ3v) is 6.24. The number of nitrogens with one attached hydrogen (secondary N) is 1. The van der Waals surface area contributed by atoms with Crippen molar-refractivity contribution in [3.8, 4) is 0 Å². The van der Waals surface area contributed by atoms with E-state index in [1.165, 1.54) is 12.8 Å². The minimum Gasteiger partial charge on any atom is -0.348 e. The topological polar surface area (TPSA) is 71.2 Å². The van der Waals surface area contributed by atoms with Crippen LogP contribution >= 0.6 is 11.3 Å². The van der Waals surface area contributed by atoms with Gasteiger partial charge < -0.3 is 16.0 Å². The number of carbonyl (C=O) groups excluding carboxylic acids is 1. The van der Waals surface area contributed by atoms with Gasteiger partial charge in [-0.3, -0.25) is 4.79 Å². The fraction of sp³-hybridized carbons (Fsp3) is 0.333. The number of aromatic nitrogens is 1. The number of rotatable bonds is 5. The summed E-state index contributed by atoms with van der Waals surface area (Å²) in [4.78, 5) is 19.7. The van der Waals surface area contributed by atoms with Crippen LogP contribution in [0.1, 0.15) is 31.4 Å². The zero-order valence-electron chi connectivity index (χ0n) is 15.4. The van der Waals surface area contributed by atoms with Crippen LogP contribution in [0.25, 0.3) is 10.2 Å². The van der Waals surface area contributed by atoms with Crippen LogP contribution in [-0.2, 0) is 4.79 Å². The van der Waals surface area contributed by atoms with E-state index >= 15 is 0 Å². The third-order valence-electron chi connectivity index (χ3n) is 5.16. The molecule has 5 nitrogen and oxygen atoms in total. The van der Waals surface area contributed by atoms with Crippen LogP contribution in [-0.4, -0.2) is 24.0 Å². The highest BCUT2D eigenvalue weighted by molar-refractivity contribution is 7.22. The molecule has 6 heteroatoms. The number of anilines is 2. The first-order valence-corrected chi connectivity index (χ1v) is 10.2. The summed E-state index contributed by atoms with van der Waals surface area (Å²) >= 11 is 1.69. The van der Waals surface area contributed by atoms with Gasteiger partial charge in [0.05, 0.1) is 16.1 Å². The second-order valence-electron chi connectivity index (χ2n) is 7.09. The van der Waals surface area contributed by atoms with Gasteiger partial charge in [0.1, 0.15) is 0 Å². The molecule has 27 heavy (non-hydrogen) atoms. The molecule has 0 saturated carbocycles. The minimum atomic E-state index is -0.333. The Labute approximate surface area is 163 Å². The molecule has 2 aromatic carbocycles. The molecular formula is C21H24N4OS. The van der Waals surface area contributed by atoms with Gasteiger partial charge in [-0.1, -0.05) is 48.6 Å². The maximum absolute atomic E-state index is 12.7. The molecule has 2 unspecified atom stereocenters. The molecular weight excluding hydrogens is 356 g/mol. The highest BCUT2D eigenvalue weighted by Gasteiger charge is 2.22. The molecule has 1 aromatic heterocycles. The number of carbonyl (C=O) groups is 1. The molecule has 3 aromatic rings. The van der Waals surface area contributed by atoms with Crippen LogP contribution in [0.3, 0.4) is 0 Å². The van der Waals surface area contributed by atoms with Crippen molar-refractivity contribution < 1.29 is 4.79 Å². The third kappa shape index (κ3) is 3.82. The number of thiazole rings is 1. The summed E-state index contributed by atoms with van der Waals surface area (Å²) in [6.45, 7) is 4.03. The van der Waals surface area contributed by atoms with Crippen molar-refractivity contribution in [1.82, 2.24) is 4.98 Å². The van der Waals surface area contributed by atoms with Crippen molar-refractivity contribution >= 4 is 38.3 Å². The Morgan fingerprint density at radius 2 is 1.93 bits per heavy atom. The van der Waals surface area contributed by atoms with E-state index in [1.54, 1.807) is 11.3 Å². The molecule has 0 radical (unpaired) electrons. The molecule has 1 amide bonds. The number of nitrogens with zero attached hydrogens (tertiary/aromatic N) is 2. The molecule has 3 N–H and O–H groups in total. The second kappa shape index (κ2) is 7.66. The lowest BCUT2D eigenvalue weighted by Crippen LogP contribution is -2.30. The SMILES string of the molecule is CC(C(=O)Nc1ccc2nc(N3CCCC3)sc2c1)C(N)c1ccccc1. The zero-order chi connectivity index (χ0) is 18.8.